The van der Waals surface area contributed by atoms with Crippen LogP contribution in [0.15, 0.2) is 24.3 Å². The van der Waals surface area contributed by atoms with Crippen LogP contribution in [-0.2, 0) is 19.1 Å². The Labute approximate surface area is 140 Å². The van der Waals surface area contributed by atoms with Gasteiger partial charge in [0.05, 0.1) is 13.2 Å². The summed E-state index contributed by atoms with van der Waals surface area (Å²) in [5.74, 6) is -0.152. The highest BCUT2D eigenvalue weighted by Gasteiger charge is 2.37. The third-order valence-electron chi connectivity index (χ3n) is 3.86. The van der Waals surface area contributed by atoms with E-state index in [0.717, 1.165) is 0 Å². The maximum atomic E-state index is 12.4. The quantitative estimate of drug-likeness (QED) is 0.765. The van der Waals surface area contributed by atoms with Crippen molar-refractivity contribution >= 4 is 23.5 Å². The van der Waals surface area contributed by atoms with E-state index in [9.17, 15) is 9.59 Å². The van der Waals surface area contributed by atoms with Gasteiger partial charge in [-0.1, -0.05) is 11.6 Å². The van der Waals surface area contributed by atoms with Crippen LogP contribution < -0.4 is 4.74 Å². The number of amides is 1. The molecule has 0 spiro atoms. The largest absolute Gasteiger partial charge is 0.484 e. The fraction of sp³-hybridized carbons (Fsp3) is 0.500. The van der Waals surface area contributed by atoms with Gasteiger partial charge in [0.1, 0.15) is 11.8 Å². The number of hydrogen-bond acceptors (Lipinski definition) is 5. The van der Waals surface area contributed by atoms with Crippen LogP contribution in [0, 0.1) is 0 Å². The van der Waals surface area contributed by atoms with Gasteiger partial charge < -0.3 is 19.1 Å². The van der Waals surface area contributed by atoms with Gasteiger partial charge >= 0.3 is 5.97 Å². The number of methoxy groups -OCH3 is 2. The van der Waals surface area contributed by atoms with Crippen molar-refractivity contribution in [2.45, 2.75) is 25.0 Å². The highest BCUT2D eigenvalue weighted by Crippen LogP contribution is 2.21. The summed E-state index contributed by atoms with van der Waals surface area (Å²) >= 11 is 5.80. The van der Waals surface area contributed by atoms with Gasteiger partial charge in [0.15, 0.2) is 6.61 Å². The van der Waals surface area contributed by atoms with E-state index < -0.39 is 12.0 Å². The predicted molar refractivity (Wildman–Crippen MR) is 84.5 cm³/mol. The number of ether oxygens (including phenoxy) is 3. The Balaban J connectivity index is 1.98. The summed E-state index contributed by atoms with van der Waals surface area (Å²) in [5, 5.41) is 0.594. The first-order chi connectivity index (χ1) is 11.0. The van der Waals surface area contributed by atoms with Crippen LogP contribution in [0.4, 0.5) is 0 Å². The number of halogens is 1. The molecule has 0 radical (unpaired) electrons. The maximum Gasteiger partial charge on any atom is 0.328 e. The van der Waals surface area contributed by atoms with Crippen molar-refractivity contribution in [1.82, 2.24) is 4.90 Å². The minimum Gasteiger partial charge on any atom is -0.484 e. The molecule has 0 bridgehead atoms. The molecule has 2 atom stereocenters. The number of likely N-dealkylation sites (tertiary alicyclic amines) is 1. The number of carbonyl (C=O) groups excluding carboxylic acids is 2. The van der Waals surface area contributed by atoms with Crippen molar-refractivity contribution < 1.29 is 23.8 Å². The van der Waals surface area contributed by atoms with Crippen LogP contribution >= 0.6 is 11.6 Å². The van der Waals surface area contributed by atoms with E-state index in [4.69, 9.17) is 25.8 Å². The highest BCUT2D eigenvalue weighted by molar-refractivity contribution is 6.30. The van der Waals surface area contributed by atoms with E-state index in [0.29, 0.717) is 30.2 Å². The summed E-state index contributed by atoms with van der Waals surface area (Å²) in [4.78, 5) is 25.8. The zero-order valence-electron chi connectivity index (χ0n) is 13.2. The summed E-state index contributed by atoms with van der Waals surface area (Å²) in [6.45, 7) is 0.286. The molecule has 2 rings (SSSR count). The Bertz CT molecular complexity index is 548. The molecule has 1 aromatic carbocycles. The first kappa shape index (κ1) is 17.6. The number of carbonyl (C=O) groups is 2. The number of esters is 1. The molecule has 1 fully saturated rings. The summed E-state index contributed by atoms with van der Waals surface area (Å²) in [6, 6.07) is 6.10. The monoisotopic (exact) mass is 341 g/mol. The van der Waals surface area contributed by atoms with Gasteiger partial charge in [-0.2, -0.15) is 0 Å². The number of nitrogens with zero attached hydrogens (tertiary/aromatic N) is 1. The molecule has 6 nitrogen and oxygen atoms in total. The molecule has 0 aliphatic carbocycles. The highest BCUT2D eigenvalue weighted by atomic mass is 35.5. The van der Waals surface area contributed by atoms with E-state index >= 15 is 0 Å². The lowest BCUT2D eigenvalue weighted by Gasteiger charge is -2.37. The molecule has 0 N–H and O–H groups in total. The summed E-state index contributed by atoms with van der Waals surface area (Å²) in [7, 11) is 2.91. The number of rotatable bonds is 5. The molecule has 0 unspecified atom stereocenters. The first-order valence-corrected chi connectivity index (χ1v) is 7.71. The minimum absolute atomic E-state index is 0.0552. The SMILES string of the molecule is COC(=O)[C@@H]1C[C@@H](OC)CCN1C(=O)COc1ccc(Cl)cc1. The Morgan fingerprint density at radius 2 is 1.96 bits per heavy atom. The second-order valence-corrected chi connectivity index (χ2v) is 5.69. The topological polar surface area (TPSA) is 65.1 Å². The van der Waals surface area contributed by atoms with Crippen LogP contribution in [0.1, 0.15) is 12.8 Å². The molecule has 23 heavy (non-hydrogen) atoms. The van der Waals surface area contributed by atoms with E-state index in [2.05, 4.69) is 0 Å². The van der Waals surface area contributed by atoms with Crippen LogP contribution in [0.5, 0.6) is 5.75 Å². The summed E-state index contributed by atoms with van der Waals surface area (Å²) < 4.78 is 15.5. The van der Waals surface area contributed by atoms with Gasteiger partial charge in [0.2, 0.25) is 0 Å². The minimum atomic E-state index is -0.639. The van der Waals surface area contributed by atoms with Gasteiger partial charge in [-0.25, -0.2) is 4.79 Å². The molecular weight excluding hydrogens is 322 g/mol. The third-order valence-corrected chi connectivity index (χ3v) is 4.11. The Morgan fingerprint density at radius 3 is 2.57 bits per heavy atom. The van der Waals surface area contributed by atoms with Gasteiger partial charge in [0.25, 0.3) is 5.91 Å². The number of benzene rings is 1. The fourth-order valence-corrected chi connectivity index (χ4v) is 2.69. The Hall–Kier alpha value is -1.79. The van der Waals surface area contributed by atoms with E-state index in [1.54, 1.807) is 31.4 Å². The standard InChI is InChI=1S/C16H20ClNO5/c1-21-13-7-8-18(14(9-13)16(20)22-2)15(19)10-23-12-5-3-11(17)4-6-12/h3-6,13-14H,7-10H2,1-2H3/t13-,14-/m0/s1. The van der Waals surface area contributed by atoms with Crippen molar-refractivity contribution in [3.05, 3.63) is 29.3 Å². The van der Waals surface area contributed by atoms with Crippen molar-refractivity contribution in [3.63, 3.8) is 0 Å². The summed E-state index contributed by atoms with van der Waals surface area (Å²) in [5.41, 5.74) is 0. The average Bonchev–Trinajstić information content (AvgIpc) is 2.59. The number of piperidine rings is 1. The summed E-state index contributed by atoms with van der Waals surface area (Å²) in [6.07, 6.45) is 1.05. The van der Waals surface area contributed by atoms with Crippen LogP contribution in [-0.4, -0.2) is 56.3 Å². The molecule has 0 aromatic heterocycles. The van der Waals surface area contributed by atoms with Crippen molar-refractivity contribution in [2.75, 3.05) is 27.4 Å². The zero-order chi connectivity index (χ0) is 16.8. The Kier molecular flexibility index (Phi) is 6.24. The smallest absolute Gasteiger partial charge is 0.328 e. The van der Waals surface area contributed by atoms with Crippen LogP contribution in [0.25, 0.3) is 0 Å². The second-order valence-electron chi connectivity index (χ2n) is 5.25. The lowest BCUT2D eigenvalue weighted by Crippen LogP contribution is -2.53. The van der Waals surface area contributed by atoms with Gasteiger partial charge in [0, 0.05) is 25.1 Å². The molecule has 126 valence electrons. The molecular formula is C16H20ClNO5. The van der Waals surface area contributed by atoms with Gasteiger partial charge in [-0.3, -0.25) is 4.79 Å². The molecule has 1 heterocycles. The molecule has 7 heteroatoms. The Morgan fingerprint density at radius 1 is 1.26 bits per heavy atom. The van der Waals surface area contributed by atoms with E-state index in [1.165, 1.54) is 12.0 Å². The molecule has 1 amide bonds. The molecule has 1 aromatic rings. The third kappa shape index (κ3) is 4.59. The maximum absolute atomic E-state index is 12.4. The first-order valence-electron chi connectivity index (χ1n) is 7.33. The second kappa shape index (κ2) is 8.17. The average molecular weight is 342 g/mol. The van der Waals surface area contributed by atoms with E-state index in [1.807, 2.05) is 0 Å². The molecule has 1 saturated heterocycles. The van der Waals surface area contributed by atoms with Crippen LogP contribution in [0.3, 0.4) is 0 Å². The predicted octanol–water partition coefficient (Wildman–Crippen LogP) is 1.90. The molecule has 0 saturated carbocycles. The lowest BCUT2D eigenvalue weighted by atomic mass is 9.99. The van der Waals surface area contributed by atoms with Crippen molar-refractivity contribution in [1.29, 1.82) is 0 Å². The van der Waals surface area contributed by atoms with Crippen molar-refractivity contribution in [2.24, 2.45) is 0 Å². The van der Waals surface area contributed by atoms with Crippen LogP contribution in [0.2, 0.25) is 5.02 Å². The van der Waals surface area contributed by atoms with E-state index in [-0.39, 0.29) is 18.6 Å². The number of hydrogen-bond donors (Lipinski definition) is 0. The normalized spacial score (nSPS) is 20.9. The molecule has 1 aliphatic heterocycles. The fourth-order valence-electron chi connectivity index (χ4n) is 2.56. The lowest BCUT2D eigenvalue weighted by molar-refractivity contribution is -0.158. The van der Waals surface area contributed by atoms with Gasteiger partial charge in [-0.05, 0) is 30.7 Å². The van der Waals surface area contributed by atoms with Gasteiger partial charge in [-0.15, -0.1) is 0 Å². The molecule has 1 aliphatic rings. The van der Waals surface area contributed by atoms with Crippen molar-refractivity contribution in [3.8, 4) is 5.75 Å². The zero-order valence-corrected chi connectivity index (χ0v) is 13.9.